The van der Waals surface area contributed by atoms with E-state index < -0.39 is 5.91 Å². The van der Waals surface area contributed by atoms with Crippen LogP contribution in [-0.4, -0.2) is 15.9 Å². The van der Waals surface area contributed by atoms with E-state index in [0.717, 1.165) is 11.4 Å². The third-order valence-electron chi connectivity index (χ3n) is 2.43. The van der Waals surface area contributed by atoms with E-state index >= 15 is 0 Å². The van der Waals surface area contributed by atoms with Crippen LogP contribution in [0.2, 0.25) is 0 Å². The van der Waals surface area contributed by atoms with E-state index in [9.17, 15) is 4.79 Å². The molecule has 18 heavy (non-hydrogen) atoms. The molecule has 0 fully saturated rings. The van der Waals surface area contributed by atoms with Crippen molar-refractivity contribution >= 4 is 23.1 Å². The average molecular weight is 262 g/mol. The number of amides is 1. The number of aryl methyl sites for hydroxylation is 1. The number of thiazole rings is 1. The second-order valence-corrected chi connectivity index (χ2v) is 4.89. The molecule has 0 atom stereocenters. The Morgan fingerprint density at radius 3 is 3.00 bits per heavy atom. The number of pyridine rings is 1. The fraction of sp³-hybridized carbons (Fsp3) is 0.250. The smallest absolute Gasteiger partial charge is 0.252 e. The standard InChI is InChI=1S/C12H14N4OS/c1-2-8-6-15-10(18-8)7-16-12-9(11(13)17)4-3-5-14-12/h3-6H,2,7H2,1H3,(H2,13,17)(H,14,16). The number of nitrogens with two attached hydrogens (primary N) is 1. The lowest BCUT2D eigenvalue weighted by Crippen LogP contribution is -2.15. The van der Waals surface area contributed by atoms with Crippen molar-refractivity contribution in [3.8, 4) is 0 Å². The maximum absolute atomic E-state index is 11.2. The van der Waals surface area contributed by atoms with Crippen LogP contribution in [0.3, 0.4) is 0 Å². The summed E-state index contributed by atoms with van der Waals surface area (Å²) in [5, 5.41) is 4.05. The number of nitrogens with one attached hydrogen (secondary N) is 1. The summed E-state index contributed by atoms with van der Waals surface area (Å²) in [6.45, 7) is 2.64. The lowest BCUT2D eigenvalue weighted by molar-refractivity contribution is 0.100. The van der Waals surface area contributed by atoms with Gasteiger partial charge < -0.3 is 11.1 Å². The highest BCUT2D eigenvalue weighted by molar-refractivity contribution is 7.11. The Kier molecular flexibility index (Phi) is 3.88. The molecule has 1 amide bonds. The normalized spacial score (nSPS) is 10.3. The predicted octanol–water partition coefficient (Wildman–Crippen LogP) is 1.81. The summed E-state index contributed by atoms with van der Waals surface area (Å²) < 4.78 is 0. The maximum Gasteiger partial charge on any atom is 0.252 e. The van der Waals surface area contributed by atoms with E-state index in [-0.39, 0.29) is 0 Å². The Balaban J connectivity index is 2.08. The number of anilines is 1. The molecule has 0 radical (unpaired) electrons. The molecule has 0 aliphatic heterocycles. The van der Waals surface area contributed by atoms with Crippen LogP contribution in [0.1, 0.15) is 27.2 Å². The van der Waals surface area contributed by atoms with Gasteiger partial charge in [0.25, 0.3) is 5.91 Å². The average Bonchev–Trinajstić information content (AvgIpc) is 2.84. The number of nitrogens with zero attached hydrogens (tertiary/aromatic N) is 2. The van der Waals surface area contributed by atoms with Crippen molar-refractivity contribution < 1.29 is 4.79 Å². The molecule has 0 bridgehead atoms. The highest BCUT2D eigenvalue weighted by Gasteiger charge is 2.09. The van der Waals surface area contributed by atoms with Gasteiger partial charge in [-0.25, -0.2) is 9.97 Å². The Bertz CT molecular complexity index is 553. The second-order valence-electron chi connectivity index (χ2n) is 3.69. The highest BCUT2D eigenvalue weighted by atomic mass is 32.1. The van der Waals surface area contributed by atoms with Gasteiger partial charge in [0.15, 0.2) is 0 Å². The number of carbonyl (C=O) groups is 1. The van der Waals surface area contributed by atoms with Gasteiger partial charge in [-0.2, -0.15) is 0 Å². The van der Waals surface area contributed by atoms with Crippen LogP contribution in [0.25, 0.3) is 0 Å². The summed E-state index contributed by atoms with van der Waals surface area (Å²) in [5.74, 6) is 0.0113. The first-order valence-electron chi connectivity index (χ1n) is 5.63. The third kappa shape index (κ3) is 2.84. The van der Waals surface area contributed by atoms with E-state index in [4.69, 9.17) is 5.73 Å². The van der Waals surface area contributed by atoms with E-state index in [2.05, 4.69) is 22.2 Å². The van der Waals surface area contributed by atoms with Crippen LogP contribution in [0.15, 0.2) is 24.5 Å². The summed E-state index contributed by atoms with van der Waals surface area (Å²) >= 11 is 1.65. The molecule has 0 aromatic carbocycles. The fourth-order valence-electron chi connectivity index (χ4n) is 1.50. The summed E-state index contributed by atoms with van der Waals surface area (Å²) in [5.41, 5.74) is 5.67. The third-order valence-corrected chi connectivity index (χ3v) is 3.57. The van der Waals surface area contributed by atoms with Crippen molar-refractivity contribution in [1.82, 2.24) is 9.97 Å². The number of rotatable bonds is 5. The van der Waals surface area contributed by atoms with Crippen LogP contribution in [-0.2, 0) is 13.0 Å². The molecule has 0 spiro atoms. The van der Waals surface area contributed by atoms with Gasteiger partial charge in [-0.15, -0.1) is 11.3 Å². The van der Waals surface area contributed by atoms with E-state index in [0.29, 0.717) is 17.9 Å². The minimum atomic E-state index is -0.487. The summed E-state index contributed by atoms with van der Waals surface area (Å²) in [4.78, 5) is 20.8. The van der Waals surface area contributed by atoms with Crippen molar-refractivity contribution in [1.29, 1.82) is 0 Å². The summed E-state index contributed by atoms with van der Waals surface area (Å²) in [6.07, 6.45) is 4.47. The number of aromatic nitrogens is 2. The molecule has 2 rings (SSSR count). The largest absolute Gasteiger partial charge is 0.365 e. The van der Waals surface area contributed by atoms with Crippen LogP contribution in [0.5, 0.6) is 0 Å². The minimum Gasteiger partial charge on any atom is -0.365 e. The van der Waals surface area contributed by atoms with Crippen molar-refractivity contribution in [3.63, 3.8) is 0 Å². The molecule has 0 unspecified atom stereocenters. The van der Waals surface area contributed by atoms with Crippen LogP contribution in [0, 0.1) is 0 Å². The van der Waals surface area contributed by atoms with Crippen molar-refractivity contribution in [3.05, 3.63) is 40.0 Å². The lowest BCUT2D eigenvalue weighted by atomic mass is 10.2. The molecule has 6 heteroatoms. The monoisotopic (exact) mass is 262 g/mol. The van der Waals surface area contributed by atoms with E-state index in [1.807, 2.05) is 6.20 Å². The Hall–Kier alpha value is -1.95. The van der Waals surface area contributed by atoms with Gasteiger partial charge in [0.1, 0.15) is 10.8 Å². The van der Waals surface area contributed by atoms with Crippen LogP contribution in [0.4, 0.5) is 5.82 Å². The Morgan fingerprint density at radius 2 is 2.33 bits per heavy atom. The molecule has 2 aromatic rings. The molecule has 0 aliphatic rings. The molecule has 3 N–H and O–H groups in total. The van der Waals surface area contributed by atoms with Gasteiger partial charge in [-0.1, -0.05) is 6.92 Å². The van der Waals surface area contributed by atoms with Gasteiger partial charge in [-0.05, 0) is 18.6 Å². The Morgan fingerprint density at radius 1 is 1.50 bits per heavy atom. The van der Waals surface area contributed by atoms with Gasteiger partial charge in [0, 0.05) is 17.3 Å². The van der Waals surface area contributed by atoms with Gasteiger partial charge in [0.05, 0.1) is 12.1 Å². The number of carbonyl (C=O) groups excluding carboxylic acids is 1. The Labute approximate surface area is 109 Å². The molecule has 94 valence electrons. The molecular formula is C12H14N4OS. The predicted molar refractivity (Wildman–Crippen MR) is 71.6 cm³/mol. The number of primary amides is 1. The van der Waals surface area contributed by atoms with E-state index in [1.165, 1.54) is 4.88 Å². The molecule has 0 saturated carbocycles. The number of hydrogen-bond donors (Lipinski definition) is 2. The van der Waals surface area contributed by atoms with Crippen LogP contribution < -0.4 is 11.1 Å². The van der Waals surface area contributed by atoms with E-state index in [1.54, 1.807) is 29.7 Å². The summed E-state index contributed by atoms with van der Waals surface area (Å²) in [7, 11) is 0. The lowest BCUT2D eigenvalue weighted by Gasteiger charge is -2.06. The minimum absolute atomic E-state index is 0.393. The van der Waals surface area contributed by atoms with Gasteiger partial charge >= 0.3 is 0 Å². The zero-order chi connectivity index (χ0) is 13.0. The first-order valence-corrected chi connectivity index (χ1v) is 6.44. The molecule has 2 aromatic heterocycles. The fourth-order valence-corrected chi connectivity index (χ4v) is 2.30. The van der Waals surface area contributed by atoms with Crippen molar-refractivity contribution in [2.75, 3.05) is 5.32 Å². The first-order chi connectivity index (χ1) is 8.70. The zero-order valence-corrected chi connectivity index (χ0v) is 10.8. The van der Waals surface area contributed by atoms with Gasteiger partial charge in [0.2, 0.25) is 0 Å². The van der Waals surface area contributed by atoms with Crippen LogP contribution >= 0.6 is 11.3 Å². The quantitative estimate of drug-likeness (QED) is 0.861. The first kappa shape index (κ1) is 12.5. The molecule has 0 saturated heterocycles. The SMILES string of the molecule is CCc1cnc(CNc2ncccc2C(N)=O)s1. The molecule has 5 nitrogen and oxygen atoms in total. The number of hydrogen-bond acceptors (Lipinski definition) is 5. The topological polar surface area (TPSA) is 80.9 Å². The molecule has 0 aliphatic carbocycles. The highest BCUT2D eigenvalue weighted by Crippen LogP contribution is 2.16. The second kappa shape index (κ2) is 5.59. The zero-order valence-electron chi connectivity index (χ0n) is 10.0. The molecular weight excluding hydrogens is 248 g/mol. The summed E-state index contributed by atoms with van der Waals surface area (Å²) in [6, 6.07) is 3.33. The van der Waals surface area contributed by atoms with Gasteiger partial charge in [-0.3, -0.25) is 4.79 Å². The van der Waals surface area contributed by atoms with Crippen molar-refractivity contribution in [2.45, 2.75) is 19.9 Å². The maximum atomic E-state index is 11.2. The molecule has 2 heterocycles. The van der Waals surface area contributed by atoms with Crippen molar-refractivity contribution in [2.24, 2.45) is 5.73 Å².